The van der Waals surface area contributed by atoms with Crippen molar-refractivity contribution >= 4 is 45.3 Å². The lowest BCUT2D eigenvalue weighted by molar-refractivity contribution is 0.0641. The fourth-order valence-electron chi connectivity index (χ4n) is 4.49. The quantitative estimate of drug-likeness (QED) is 0.383. The van der Waals surface area contributed by atoms with Gasteiger partial charge in [-0.1, -0.05) is 12.1 Å². The number of aromatic nitrogens is 1. The second kappa shape index (κ2) is 7.48. The molecule has 0 spiro atoms. The van der Waals surface area contributed by atoms with Crippen molar-refractivity contribution in [3.05, 3.63) is 69.2 Å². The van der Waals surface area contributed by atoms with E-state index in [1.165, 1.54) is 11.0 Å². The van der Waals surface area contributed by atoms with Gasteiger partial charge in [0, 0.05) is 18.8 Å². The average molecular weight is 461 g/mol. The SMILES string of the molecule is Cc1c(N)c2c3oc(C(=O)O)c(O)c(=O)c3ccc2n1CCCN1C(=O)c2ccccc2C1=O. The summed E-state index contributed by atoms with van der Waals surface area (Å²) in [5.41, 5.74) is 7.72. The third-order valence-corrected chi connectivity index (χ3v) is 6.21. The van der Waals surface area contributed by atoms with E-state index in [-0.39, 0.29) is 29.3 Å². The van der Waals surface area contributed by atoms with Crippen LogP contribution in [0.15, 0.2) is 45.6 Å². The number of nitrogens with zero attached hydrogens (tertiary/aromatic N) is 2. The molecule has 5 rings (SSSR count). The first-order valence-electron chi connectivity index (χ1n) is 10.5. The lowest BCUT2D eigenvalue weighted by Crippen LogP contribution is -2.31. The zero-order valence-corrected chi connectivity index (χ0v) is 18.0. The molecule has 4 aromatic rings. The second-order valence-electron chi connectivity index (χ2n) is 8.06. The van der Waals surface area contributed by atoms with E-state index < -0.39 is 22.9 Å². The predicted molar refractivity (Wildman–Crippen MR) is 122 cm³/mol. The molecule has 0 radical (unpaired) electrons. The highest BCUT2D eigenvalue weighted by atomic mass is 16.4. The molecule has 0 bridgehead atoms. The van der Waals surface area contributed by atoms with Crippen LogP contribution >= 0.6 is 0 Å². The molecule has 0 saturated heterocycles. The summed E-state index contributed by atoms with van der Waals surface area (Å²) in [6.45, 7) is 2.36. The number of imide groups is 1. The van der Waals surface area contributed by atoms with Gasteiger partial charge in [0.2, 0.25) is 11.2 Å². The monoisotopic (exact) mass is 461 g/mol. The third-order valence-electron chi connectivity index (χ3n) is 6.21. The summed E-state index contributed by atoms with van der Waals surface area (Å²) in [6, 6.07) is 9.76. The Hall–Kier alpha value is -4.60. The number of nitrogens with two attached hydrogens (primary N) is 1. The second-order valence-corrected chi connectivity index (χ2v) is 8.06. The highest BCUT2D eigenvalue weighted by Crippen LogP contribution is 2.35. The molecule has 2 aromatic heterocycles. The van der Waals surface area contributed by atoms with E-state index >= 15 is 0 Å². The van der Waals surface area contributed by atoms with E-state index in [1.54, 1.807) is 37.3 Å². The van der Waals surface area contributed by atoms with Crippen molar-refractivity contribution in [1.29, 1.82) is 0 Å². The van der Waals surface area contributed by atoms with Gasteiger partial charge in [-0.15, -0.1) is 0 Å². The molecule has 34 heavy (non-hydrogen) atoms. The van der Waals surface area contributed by atoms with Crippen LogP contribution in [-0.2, 0) is 6.54 Å². The molecule has 10 nitrogen and oxygen atoms in total. The molecule has 1 aliphatic rings. The van der Waals surface area contributed by atoms with Crippen LogP contribution in [-0.4, -0.2) is 44.0 Å². The third kappa shape index (κ3) is 2.88. The molecule has 172 valence electrons. The minimum Gasteiger partial charge on any atom is -0.501 e. The number of hydrogen-bond acceptors (Lipinski definition) is 7. The highest BCUT2D eigenvalue weighted by Gasteiger charge is 2.34. The highest BCUT2D eigenvalue weighted by molar-refractivity contribution is 6.21. The molecular weight excluding hydrogens is 442 g/mol. The van der Waals surface area contributed by atoms with Gasteiger partial charge in [-0.05, 0) is 37.6 Å². The van der Waals surface area contributed by atoms with E-state index in [2.05, 4.69) is 0 Å². The number of fused-ring (bicyclic) bond motifs is 4. The Morgan fingerprint density at radius 2 is 1.68 bits per heavy atom. The van der Waals surface area contributed by atoms with Gasteiger partial charge in [0.15, 0.2) is 5.58 Å². The maximum atomic E-state index is 12.6. The van der Waals surface area contributed by atoms with E-state index in [0.29, 0.717) is 46.4 Å². The topological polar surface area (TPSA) is 156 Å². The lowest BCUT2D eigenvalue weighted by Gasteiger charge is -2.15. The zero-order valence-electron chi connectivity index (χ0n) is 18.0. The van der Waals surface area contributed by atoms with Gasteiger partial charge in [-0.2, -0.15) is 0 Å². The molecule has 0 unspecified atom stereocenters. The van der Waals surface area contributed by atoms with E-state index in [4.69, 9.17) is 10.2 Å². The van der Waals surface area contributed by atoms with Gasteiger partial charge in [0.25, 0.3) is 17.6 Å². The number of rotatable bonds is 5. The van der Waals surface area contributed by atoms with Crippen LogP contribution in [0.2, 0.25) is 0 Å². The van der Waals surface area contributed by atoms with Crippen LogP contribution in [0.3, 0.4) is 0 Å². The van der Waals surface area contributed by atoms with Crippen LogP contribution in [0.25, 0.3) is 21.9 Å². The van der Waals surface area contributed by atoms with Gasteiger partial charge < -0.3 is 24.9 Å². The Morgan fingerprint density at radius 3 is 2.29 bits per heavy atom. The van der Waals surface area contributed by atoms with Crippen LogP contribution in [0.5, 0.6) is 5.75 Å². The standard InChI is InChI=1S/C24H19N3O7/c1-11-17(25)16-15(8-7-14-18(28)19(29)21(24(32)33)34-20(14)16)26(11)9-4-10-27-22(30)12-5-2-3-6-13(12)23(27)31/h2-3,5-8,29H,4,9-10,25H2,1H3,(H,32,33). The van der Waals surface area contributed by atoms with Gasteiger partial charge in [-0.3, -0.25) is 19.3 Å². The zero-order chi connectivity index (χ0) is 24.3. The average Bonchev–Trinajstić information content (AvgIpc) is 3.21. The first-order valence-corrected chi connectivity index (χ1v) is 10.5. The minimum atomic E-state index is -1.58. The smallest absolute Gasteiger partial charge is 0.375 e. The maximum Gasteiger partial charge on any atom is 0.375 e. The van der Waals surface area contributed by atoms with Crippen molar-refractivity contribution in [2.24, 2.45) is 0 Å². The lowest BCUT2D eigenvalue weighted by atomic mass is 10.1. The molecule has 4 N–H and O–H groups in total. The fourth-order valence-corrected chi connectivity index (χ4v) is 4.49. The number of carbonyl (C=O) groups excluding carboxylic acids is 2. The summed E-state index contributed by atoms with van der Waals surface area (Å²) in [6.07, 6.45) is 0.438. The number of hydrogen-bond donors (Lipinski definition) is 3. The molecule has 1 aliphatic heterocycles. The van der Waals surface area contributed by atoms with E-state index in [9.17, 15) is 29.4 Å². The summed E-state index contributed by atoms with van der Waals surface area (Å²) >= 11 is 0. The van der Waals surface area contributed by atoms with E-state index in [1.807, 2.05) is 4.57 Å². The number of aromatic carboxylic acids is 1. The van der Waals surface area contributed by atoms with Gasteiger partial charge in [0.1, 0.15) is 0 Å². The number of benzene rings is 2. The summed E-state index contributed by atoms with van der Waals surface area (Å²) in [5, 5.41) is 19.6. The van der Waals surface area contributed by atoms with Crippen molar-refractivity contribution in [2.75, 3.05) is 12.3 Å². The number of carbonyl (C=O) groups is 3. The first kappa shape index (κ1) is 21.3. The van der Waals surface area contributed by atoms with Crippen LogP contribution in [0.1, 0.15) is 43.4 Å². The van der Waals surface area contributed by atoms with Crippen LogP contribution < -0.4 is 11.2 Å². The number of aromatic hydroxyl groups is 1. The molecule has 0 atom stereocenters. The first-order chi connectivity index (χ1) is 16.2. The molecule has 2 amide bonds. The molecule has 3 heterocycles. The Balaban J connectivity index is 1.50. The summed E-state index contributed by atoms with van der Waals surface area (Å²) in [4.78, 5) is 50.3. The molecule has 0 fully saturated rings. The number of nitrogen functional groups attached to an aromatic ring is 1. The Labute approximate surface area is 191 Å². The summed E-state index contributed by atoms with van der Waals surface area (Å²) < 4.78 is 7.26. The number of amides is 2. The molecular formula is C24H19N3O7. The van der Waals surface area contributed by atoms with Gasteiger partial charge in [0.05, 0.1) is 33.1 Å². The summed E-state index contributed by atoms with van der Waals surface area (Å²) in [5.74, 6) is -4.08. The maximum absolute atomic E-state index is 12.6. The molecule has 2 aromatic carbocycles. The van der Waals surface area contributed by atoms with Crippen LogP contribution in [0, 0.1) is 6.92 Å². The van der Waals surface area contributed by atoms with Crippen molar-refractivity contribution in [2.45, 2.75) is 19.9 Å². The Morgan fingerprint density at radius 1 is 1.03 bits per heavy atom. The largest absolute Gasteiger partial charge is 0.501 e. The molecule has 0 saturated carbocycles. The Kier molecular flexibility index (Phi) is 4.67. The van der Waals surface area contributed by atoms with Crippen molar-refractivity contribution < 1.29 is 29.0 Å². The van der Waals surface area contributed by atoms with Gasteiger partial charge >= 0.3 is 5.97 Å². The predicted octanol–water partition coefficient (Wildman–Crippen LogP) is 2.73. The summed E-state index contributed by atoms with van der Waals surface area (Å²) in [7, 11) is 0. The van der Waals surface area contributed by atoms with Crippen LogP contribution in [0.4, 0.5) is 5.69 Å². The number of carboxylic acid groups (broad SMARTS) is 1. The van der Waals surface area contributed by atoms with E-state index in [0.717, 1.165) is 0 Å². The molecule has 10 heteroatoms. The minimum absolute atomic E-state index is 0.00451. The number of carboxylic acids is 1. The van der Waals surface area contributed by atoms with Gasteiger partial charge in [-0.25, -0.2) is 4.79 Å². The Bertz CT molecular complexity index is 1580. The van der Waals surface area contributed by atoms with Crippen molar-refractivity contribution in [1.82, 2.24) is 9.47 Å². The fraction of sp³-hybridized carbons (Fsp3) is 0.167. The normalized spacial score (nSPS) is 13.3. The van der Waals surface area contributed by atoms with Crippen molar-refractivity contribution in [3.63, 3.8) is 0 Å². The number of anilines is 1. The van der Waals surface area contributed by atoms with Crippen molar-refractivity contribution in [3.8, 4) is 5.75 Å². The molecule has 0 aliphatic carbocycles. The number of aryl methyl sites for hydroxylation is 1.